The Kier molecular flexibility index (Phi) is 7.95. The van der Waals surface area contributed by atoms with E-state index in [1.54, 1.807) is 0 Å². The number of nitrogen functional groups attached to an aromatic ring is 1. The number of nitrogens with two attached hydrogens (primary N) is 1. The molecule has 1 fully saturated rings. The first-order valence-electron chi connectivity index (χ1n) is 9.00. The number of hydrogen-bond donors (Lipinski definition) is 2. The van der Waals surface area contributed by atoms with Crippen LogP contribution in [0.15, 0.2) is 54.6 Å². The Labute approximate surface area is 161 Å². The van der Waals surface area contributed by atoms with Gasteiger partial charge in [0.15, 0.2) is 0 Å². The third-order valence-corrected chi connectivity index (χ3v) is 4.81. The van der Waals surface area contributed by atoms with Crippen LogP contribution in [0.3, 0.4) is 0 Å². The highest BCUT2D eigenvalue weighted by Gasteiger charge is 2.27. The molecule has 2 aromatic rings. The maximum Gasteiger partial charge on any atom is 0.220 e. The molecule has 0 radical (unpaired) electrons. The topological polar surface area (TPSA) is 64.4 Å². The molecule has 0 saturated carbocycles. The summed E-state index contributed by atoms with van der Waals surface area (Å²) in [6.45, 7) is 1.44. The summed E-state index contributed by atoms with van der Waals surface area (Å²) in [4.78, 5) is 12.2. The van der Waals surface area contributed by atoms with Gasteiger partial charge < -0.3 is 15.8 Å². The molecule has 1 aliphatic heterocycles. The number of benzene rings is 2. The number of anilines is 1. The van der Waals surface area contributed by atoms with Crippen molar-refractivity contribution in [2.75, 3.05) is 18.9 Å². The zero-order chi connectivity index (χ0) is 17.5. The molecule has 0 bridgehead atoms. The van der Waals surface area contributed by atoms with Crippen LogP contribution in [-0.2, 0) is 16.0 Å². The zero-order valence-corrected chi connectivity index (χ0v) is 15.7. The van der Waals surface area contributed by atoms with E-state index < -0.39 is 0 Å². The van der Waals surface area contributed by atoms with Crippen molar-refractivity contribution < 1.29 is 9.53 Å². The van der Waals surface area contributed by atoms with Gasteiger partial charge >= 0.3 is 0 Å². The van der Waals surface area contributed by atoms with E-state index >= 15 is 0 Å². The van der Waals surface area contributed by atoms with Crippen LogP contribution in [0.5, 0.6) is 0 Å². The highest BCUT2D eigenvalue weighted by Crippen LogP contribution is 2.33. The molecule has 3 N–H and O–H groups in total. The van der Waals surface area contributed by atoms with E-state index in [2.05, 4.69) is 17.4 Å². The zero-order valence-electron chi connectivity index (χ0n) is 14.9. The number of para-hydroxylation sites is 1. The number of halogens is 1. The Balaban J connectivity index is 0.00000243. The Bertz CT molecular complexity index is 693. The molecule has 5 heteroatoms. The van der Waals surface area contributed by atoms with Crippen LogP contribution in [0.25, 0.3) is 0 Å². The van der Waals surface area contributed by atoms with Crippen LogP contribution in [0.2, 0.25) is 0 Å². The van der Waals surface area contributed by atoms with Gasteiger partial charge in [-0.2, -0.15) is 0 Å². The van der Waals surface area contributed by atoms with Crippen LogP contribution in [0.4, 0.5) is 5.69 Å². The monoisotopic (exact) mass is 374 g/mol. The van der Waals surface area contributed by atoms with E-state index in [0.717, 1.165) is 30.7 Å². The predicted octanol–water partition coefficient (Wildman–Crippen LogP) is 3.91. The summed E-state index contributed by atoms with van der Waals surface area (Å²) in [6, 6.07) is 18.0. The Morgan fingerprint density at radius 3 is 2.62 bits per heavy atom. The molecule has 2 unspecified atom stereocenters. The summed E-state index contributed by atoms with van der Waals surface area (Å²) < 4.78 is 5.99. The van der Waals surface area contributed by atoms with Crippen molar-refractivity contribution >= 4 is 24.0 Å². The first-order valence-corrected chi connectivity index (χ1v) is 9.00. The van der Waals surface area contributed by atoms with E-state index in [1.165, 1.54) is 5.56 Å². The fourth-order valence-corrected chi connectivity index (χ4v) is 3.41. The minimum atomic E-state index is 0. The molecule has 0 aromatic heterocycles. The van der Waals surface area contributed by atoms with Crippen LogP contribution >= 0.6 is 12.4 Å². The molecule has 3 rings (SSSR count). The average molecular weight is 375 g/mol. The minimum Gasteiger partial charge on any atom is -0.399 e. The second kappa shape index (κ2) is 10.2. The first-order chi connectivity index (χ1) is 12.2. The molecule has 1 heterocycles. The van der Waals surface area contributed by atoms with Crippen molar-refractivity contribution in [1.29, 1.82) is 0 Å². The quantitative estimate of drug-likeness (QED) is 0.753. The third-order valence-electron chi connectivity index (χ3n) is 4.81. The van der Waals surface area contributed by atoms with Crippen molar-refractivity contribution in [3.8, 4) is 0 Å². The lowest BCUT2D eigenvalue weighted by Gasteiger charge is -2.32. The van der Waals surface area contributed by atoms with Gasteiger partial charge in [-0.15, -0.1) is 12.4 Å². The lowest BCUT2D eigenvalue weighted by molar-refractivity contribution is -0.121. The second-order valence-corrected chi connectivity index (χ2v) is 6.61. The molecule has 26 heavy (non-hydrogen) atoms. The van der Waals surface area contributed by atoms with Crippen LogP contribution in [0, 0.1) is 5.92 Å². The molecular weight excluding hydrogens is 348 g/mol. The van der Waals surface area contributed by atoms with Gasteiger partial charge in [-0.25, -0.2) is 0 Å². The molecule has 1 amide bonds. The standard InChI is InChI=1S/C21H26N2O2.ClH/c22-19-11-5-4-7-16(19)12-13-20(24)23-15-18-10-6-14-25-21(18)17-8-2-1-3-9-17;/h1-5,7-9,11,18,21H,6,10,12-15,22H2,(H,23,24);1H. The molecule has 2 atom stereocenters. The highest BCUT2D eigenvalue weighted by molar-refractivity contribution is 5.85. The number of carbonyl (C=O) groups excluding carboxylic acids is 1. The second-order valence-electron chi connectivity index (χ2n) is 6.61. The van der Waals surface area contributed by atoms with Crippen molar-refractivity contribution in [3.05, 3.63) is 65.7 Å². The normalized spacial score (nSPS) is 19.4. The molecule has 1 saturated heterocycles. The predicted molar refractivity (Wildman–Crippen MR) is 107 cm³/mol. The van der Waals surface area contributed by atoms with Crippen molar-refractivity contribution in [2.24, 2.45) is 5.92 Å². The van der Waals surface area contributed by atoms with Crippen LogP contribution < -0.4 is 11.1 Å². The van der Waals surface area contributed by atoms with E-state index in [-0.39, 0.29) is 24.4 Å². The van der Waals surface area contributed by atoms with Crippen molar-refractivity contribution in [2.45, 2.75) is 31.8 Å². The van der Waals surface area contributed by atoms with E-state index in [1.807, 2.05) is 42.5 Å². The van der Waals surface area contributed by atoms with E-state index in [9.17, 15) is 4.79 Å². The SMILES string of the molecule is Cl.Nc1ccccc1CCC(=O)NCC1CCCOC1c1ccccc1. The summed E-state index contributed by atoms with van der Waals surface area (Å²) in [6.07, 6.45) is 3.31. The van der Waals surface area contributed by atoms with Gasteiger partial charge in [0.05, 0.1) is 6.10 Å². The highest BCUT2D eigenvalue weighted by atomic mass is 35.5. The van der Waals surface area contributed by atoms with Crippen molar-refractivity contribution in [3.63, 3.8) is 0 Å². The summed E-state index contributed by atoms with van der Waals surface area (Å²) in [5.41, 5.74) is 8.90. The maximum absolute atomic E-state index is 12.2. The minimum absolute atomic E-state index is 0. The smallest absolute Gasteiger partial charge is 0.220 e. The molecule has 4 nitrogen and oxygen atoms in total. The van der Waals surface area contributed by atoms with Gasteiger partial charge in [0, 0.05) is 31.2 Å². The lowest BCUT2D eigenvalue weighted by atomic mass is 9.89. The van der Waals surface area contributed by atoms with Crippen LogP contribution in [0.1, 0.15) is 36.5 Å². The van der Waals surface area contributed by atoms with Gasteiger partial charge in [-0.3, -0.25) is 4.79 Å². The molecule has 1 aliphatic rings. The summed E-state index contributed by atoms with van der Waals surface area (Å²) in [5, 5.41) is 3.08. The van der Waals surface area contributed by atoms with Crippen LogP contribution in [-0.4, -0.2) is 19.1 Å². The van der Waals surface area contributed by atoms with E-state index in [4.69, 9.17) is 10.5 Å². The number of ether oxygens (including phenoxy) is 1. The largest absolute Gasteiger partial charge is 0.399 e. The molecule has 0 spiro atoms. The Morgan fingerprint density at radius 1 is 1.12 bits per heavy atom. The number of nitrogens with one attached hydrogen (secondary N) is 1. The lowest BCUT2D eigenvalue weighted by Crippen LogP contribution is -2.35. The Morgan fingerprint density at radius 2 is 1.85 bits per heavy atom. The average Bonchev–Trinajstić information content (AvgIpc) is 2.66. The summed E-state index contributed by atoms with van der Waals surface area (Å²) >= 11 is 0. The number of carbonyl (C=O) groups is 1. The van der Waals surface area contributed by atoms with Gasteiger partial charge in [0.2, 0.25) is 5.91 Å². The summed E-state index contributed by atoms with van der Waals surface area (Å²) in [7, 11) is 0. The number of amides is 1. The van der Waals surface area contributed by atoms with Gasteiger partial charge in [0.25, 0.3) is 0 Å². The Hall–Kier alpha value is -2.04. The van der Waals surface area contributed by atoms with Gasteiger partial charge in [-0.1, -0.05) is 48.5 Å². The van der Waals surface area contributed by atoms with Gasteiger partial charge in [0.1, 0.15) is 0 Å². The van der Waals surface area contributed by atoms with Crippen molar-refractivity contribution in [1.82, 2.24) is 5.32 Å². The number of rotatable bonds is 6. The fraction of sp³-hybridized carbons (Fsp3) is 0.381. The van der Waals surface area contributed by atoms with E-state index in [0.29, 0.717) is 25.3 Å². The van der Waals surface area contributed by atoms with Gasteiger partial charge in [-0.05, 0) is 36.5 Å². The molecule has 0 aliphatic carbocycles. The number of hydrogen-bond acceptors (Lipinski definition) is 3. The molecule has 140 valence electrons. The molecular formula is C21H27ClN2O2. The first kappa shape index (κ1) is 20.3. The fourth-order valence-electron chi connectivity index (χ4n) is 3.41. The molecule has 2 aromatic carbocycles. The summed E-state index contributed by atoms with van der Waals surface area (Å²) in [5.74, 6) is 0.391. The third kappa shape index (κ3) is 5.48. The number of aryl methyl sites for hydroxylation is 1. The maximum atomic E-state index is 12.2.